The molecule has 0 radical (unpaired) electrons. The summed E-state index contributed by atoms with van der Waals surface area (Å²) in [7, 11) is 0. The molecule has 0 spiro atoms. The van der Waals surface area contributed by atoms with Crippen LogP contribution < -0.4 is 9.64 Å². The normalized spacial score (nSPS) is 26.7. The molecule has 5 aliphatic heterocycles. The van der Waals surface area contributed by atoms with Crippen LogP contribution in [0.15, 0.2) is 30.3 Å². The average Bonchev–Trinajstić information content (AvgIpc) is 3.71. The van der Waals surface area contributed by atoms with Crippen LogP contribution in [0.2, 0.25) is 0 Å². The van der Waals surface area contributed by atoms with Gasteiger partial charge in [-0.1, -0.05) is 30.2 Å². The predicted octanol–water partition coefficient (Wildman–Crippen LogP) is 6.96. The number of anilines is 1. The highest BCUT2D eigenvalue weighted by Crippen LogP contribution is 2.46. The number of terminal acetylenes is 1. The third kappa shape index (κ3) is 5.18. The van der Waals surface area contributed by atoms with E-state index in [1.54, 1.807) is 24.3 Å². The zero-order valence-corrected chi connectivity index (χ0v) is 29.6. The molecule has 0 saturated carbocycles. The molecule has 9 nitrogen and oxygen atoms in total. The number of ether oxygens (including phenoxy) is 2. The van der Waals surface area contributed by atoms with E-state index in [9.17, 15) is 9.18 Å². The van der Waals surface area contributed by atoms with E-state index in [2.05, 4.69) is 15.7 Å². The van der Waals surface area contributed by atoms with Crippen molar-refractivity contribution in [2.75, 3.05) is 31.1 Å². The van der Waals surface area contributed by atoms with Gasteiger partial charge in [0.05, 0.1) is 40.3 Å². The lowest BCUT2D eigenvalue weighted by molar-refractivity contribution is 0.00720. The summed E-state index contributed by atoms with van der Waals surface area (Å²) in [5.74, 6) is 1.71. The van der Waals surface area contributed by atoms with Crippen LogP contribution >= 0.6 is 0 Å². The van der Waals surface area contributed by atoms with Gasteiger partial charge in [0.15, 0.2) is 5.82 Å². The number of amides is 1. The molecule has 2 bridgehead atoms. The topological polar surface area (TPSA) is 83.9 Å². The molecule has 270 valence electrons. The lowest BCUT2D eigenvalue weighted by Gasteiger charge is -2.47. The molecule has 1 unspecified atom stereocenters. The van der Waals surface area contributed by atoms with Crippen LogP contribution in [-0.4, -0.2) is 92.5 Å². The minimum atomic E-state index is -0.935. The van der Waals surface area contributed by atoms with E-state index in [4.69, 9.17) is 30.8 Å². The quantitative estimate of drug-likeness (QED) is 0.210. The molecule has 4 aromatic rings. The summed E-state index contributed by atoms with van der Waals surface area (Å²) >= 11 is 0. The number of carbonyl (C=O) groups excluding carboxylic acids is 1. The molecule has 9 rings (SSSR count). The number of fused-ring (bicyclic) bond motifs is 7. The molecule has 5 aliphatic rings. The van der Waals surface area contributed by atoms with Crippen molar-refractivity contribution in [1.29, 1.82) is 0 Å². The predicted molar refractivity (Wildman–Crippen MR) is 191 cm³/mol. The number of halogens is 3. The van der Waals surface area contributed by atoms with E-state index in [1.165, 1.54) is 6.07 Å². The van der Waals surface area contributed by atoms with Crippen molar-refractivity contribution in [1.82, 2.24) is 24.8 Å². The van der Waals surface area contributed by atoms with Crippen LogP contribution in [0.5, 0.6) is 6.01 Å². The zero-order valence-electron chi connectivity index (χ0n) is 29.6. The van der Waals surface area contributed by atoms with E-state index in [0.717, 1.165) is 32.2 Å². The number of pyridine rings is 1. The fourth-order valence-electron chi connectivity index (χ4n) is 9.69. The van der Waals surface area contributed by atoms with Crippen molar-refractivity contribution < 1.29 is 27.4 Å². The number of piperazine rings is 1. The summed E-state index contributed by atoms with van der Waals surface area (Å²) in [6.45, 7) is 7.43. The van der Waals surface area contributed by atoms with Crippen LogP contribution in [-0.2, 0) is 11.2 Å². The van der Waals surface area contributed by atoms with Crippen molar-refractivity contribution in [3.63, 3.8) is 0 Å². The van der Waals surface area contributed by atoms with Gasteiger partial charge in [-0.05, 0) is 77.3 Å². The molecule has 1 amide bonds. The molecule has 4 saturated heterocycles. The Morgan fingerprint density at radius 3 is 2.71 bits per heavy atom. The molecule has 7 heterocycles. The second-order valence-electron chi connectivity index (χ2n) is 16.1. The van der Waals surface area contributed by atoms with Crippen molar-refractivity contribution in [2.24, 2.45) is 0 Å². The molecule has 5 atom stereocenters. The molecular formula is C40H41F3N6O3. The number of rotatable bonds is 4. The molecule has 2 aromatic carbocycles. The highest BCUT2D eigenvalue weighted by Gasteiger charge is 2.52. The van der Waals surface area contributed by atoms with Gasteiger partial charge in [-0.3, -0.25) is 9.80 Å². The SMILES string of the molecule is C#Cc1c(F)ccc2cccc(-c3nc4c5c(nc(OCC67CCCN6C[C@H](F)C7)nc5c3F)N3C[C@H]5CC[C@@H]([C@@H]3CC4)N5C(=O)OC(C)(C)C)c12. The molecule has 2 aromatic heterocycles. The fourth-order valence-corrected chi connectivity index (χ4v) is 9.69. The lowest BCUT2D eigenvalue weighted by Crippen LogP contribution is -2.62. The second kappa shape index (κ2) is 12.0. The van der Waals surface area contributed by atoms with E-state index < -0.39 is 28.9 Å². The van der Waals surface area contributed by atoms with Crippen LogP contribution in [0.3, 0.4) is 0 Å². The molecule has 4 fully saturated rings. The largest absolute Gasteiger partial charge is 0.461 e. The third-order valence-corrected chi connectivity index (χ3v) is 11.8. The van der Waals surface area contributed by atoms with E-state index in [-0.39, 0.29) is 53.6 Å². The summed E-state index contributed by atoms with van der Waals surface area (Å²) in [5, 5.41) is 1.55. The van der Waals surface area contributed by atoms with Gasteiger partial charge in [0.2, 0.25) is 0 Å². The maximum absolute atomic E-state index is 17.3. The van der Waals surface area contributed by atoms with Crippen molar-refractivity contribution >= 4 is 33.6 Å². The Morgan fingerprint density at radius 1 is 1.06 bits per heavy atom. The van der Waals surface area contributed by atoms with E-state index in [1.807, 2.05) is 25.7 Å². The lowest BCUT2D eigenvalue weighted by atomic mass is 9.95. The van der Waals surface area contributed by atoms with Crippen LogP contribution in [0, 0.1) is 24.0 Å². The number of aryl methyl sites for hydroxylation is 1. The van der Waals surface area contributed by atoms with E-state index in [0.29, 0.717) is 65.6 Å². The first-order valence-electron chi connectivity index (χ1n) is 18.3. The second-order valence-corrected chi connectivity index (χ2v) is 16.1. The summed E-state index contributed by atoms with van der Waals surface area (Å²) in [6.07, 6.45) is 9.33. The Hall–Kier alpha value is -4.63. The number of carbonyl (C=O) groups is 1. The Kier molecular flexibility index (Phi) is 7.64. The Balaban J connectivity index is 1.20. The van der Waals surface area contributed by atoms with Gasteiger partial charge in [0, 0.05) is 30.5 Å². The summed E-state index contributed by atoms with van der Waals surface area (Å²) in [4.78, 5) is 34.5. The number of hydrogen-bond donors (Lipinski definition) is 0. The molecule has 12 heteroatoms. The first-order valence-corrected chi connectivity index (χ1v) is 18.3. The maximum atomic E-state index is 17.3. The number of alkyl halides is 1. The minimum absolute atomic E-state index is 0.00359. The standard InChI is InChI=1S/C40H41F3N6O3/c1-5-25-27(42)12-10-22-8-6-9-26(31(22)25)34-33(43)35-32-28(44-34)13-15-29-30-14-11-24(49(30)38(50)52-39(2,3)4)20-48(29)36(32)46-37(45-35)51-21-40-16-7-17-47(40)19-23(41)18-40/h1,6,8-10,12,23-24,29-30H,7,11,13-21H2,2-4H3/t23-,24-,29+,30+,40?/m1/s1. The highest BCUT2D eigenvalue weighted by molar-refractivity contribution is 6.03. The summed E-state index contributed by atoms with van der Waals surface area (Å²) < 4.78 is 59.3. The van der Waals surface area contributed by atoms with Crippen LogP contribution in [0.1, 0.15) is 70.6 Å². The van der Waals surface area contributed by atoms with Gasteiger partial charge in [0.25, 0.3) is 0 Å². The smallest absolute Gasteiger partial charge is 0.410 e. The fraction of sp³-hybridized carbons (Fsp3) is 0.500. The first kappa shape index (κ1) is 33.2. The minimum Gasteiger partial charge on any atom is -0.461 e. The monoisotopic (exact) mass is 710 g/mol. The summed E-state index contributed by atoms with van der Waals surface area (Å²) in [6, 6.07) is 7.79. The summed E-state index contributed by atoms with van der Waals surface area (Å²) in [5.41, 5.74) is -0.0388. The molecular weight excluding hydrogens is 669 g/mol. The Bertz CT molecular complexity index is 2180. The number of hydrogen-bond acceptors (Lipinski definition) is 8. The van der Waals surface area contributed by atoms with Gasteiger partial charge in [-0.2, -0.15) is 9.97 Å². The van der Waals surface area contributed by atoms with E-state index >= 15 is 8.78 Å². The Morgan fingerprint density at radius 2 is 1.90 bits per heavy atom. The highest BCUT2D eigenvalue weighted by atomic mass is 19.1. The van der Waals surface area contributed by atoms with Gasteiger partial charge in [-0.15, -0.1) is 6.42 Å². The number of nitrogens with zero attached hydrogens (tertiary/aromatic N) is 6. The van der Waals surface area contributed by atoms with Crippen molar-refractivity contribution in [2.45, 2.75) is 101 Å². The van der Waals surface area contributed by atoms with Crippen molar-refractivity contribution in [3.05, 3.63) is 53.2 Å². The van der Waals surface area contributed by atoms with Gasteiger partial charge >= 0.3 is 12.1 Å². The van der Waals surface area contributed by atoms with Crippen LogP contribution in [0.4, 0.5) is 23.8 Å². The zero-order chi connectivity index (χ0) is 36.1. The van der Waals surface area contributed by atoms with Crippen molar-refractivity contribution in [3.8, 4) is 29.6 Å². The first-order chi connectivity index (χ1) is 24.9. The third-order valence-electron chi connectivity index (χ3n) is 11.8. The average molecular weight is 711 g/mol. The van der Waals surface area contributed by atoms with Gasteiger partial charge in [0.1, 0.15) is 41.2 Å². The number of benzene rings is 2. The van der Waals surface area contributed by atoms with Gasteiger partial charge in [-0.25, -0.2) is 22.9 Å². The number of aromatic nitrogens is 3. The molecule has 0 N–H and O–H groups in total. The van der Waals surface area contributed by atoms with Crippen LogP contribution in [0.25, 0.3) is 32.9 Å². The Labute approximate surface area is 300 Å². The molecule has 52 heavy (non-hydrogen) atoms. The van der Waals surface area contributed by atoms with Gasteiger partial charge < -0.3 is 14.4 Å². The maximum Gasteiger partial charge on any atom is 0.410 e. The molecule has 0 aliphatic carbocycles.